The molecule has 12 heteroatoms. The maximum absolute atomic E-state index is 12.2. The van der Waals surface area contributed by atoms with Crippen molar-refractivity contribution in [3.8, 4) is 5.75 Å². The molecule has 1 aliphatic rings. The number of pyridine rings is 1. The number of amidine groups is 2. The number of hydrogen-bond donors (Lipinski definition) is 1. The zero-order chi connectivity index (χ0) is 27.0. The molecule has 1 saturated heterocycles. The first-order valence-corrected chi connectivity index (χ1v) is 12.5. The lowest BCUT2D eigenvalue weighted by molar-refractivity contribution is -0.274. The van der Waals surface area contributed by atoms with Crippen molar-refractivity contribution >= 4 is 46.8 Å². The SMILES string of the molecule is Cc1cccnc1N1CCCS/C1=N/N=C\c1ccc(C(N)=NC=Nc2ccc(OC(F)(F)F)cc2)cc1. The van der Waals surface area contributed by atoms with Gasteiger partial charge in [0.05, 0.1) is 11.9 Å². The number of thioether (sulfide) groups is 1. The molecule has 2 aromatic carbocycles. The van der Waals surface area contributed by atoms with Crippen LogP contribution in [0.3, 0.4) is 0 Å². The molecule has 3 aromatic rings. The van der Waals surface area contributed by atoms with E-state index in [2.05, 4.69) is 34.8 Å². The summed E-state index contributed by atoms with van der Waals surface area (Å²) in [6, 6.07) is 16.3. The van der Waals surface area contributed by atoms with Crippen molar-refractivity contribution in [3.05, 3.63) is 83.6 Å². The zero-order valence-electron chi connectivity index (χ0n) is 20.3. The van der Waals surface area contributed by atoms with E-state index in [0.29, 0.717) is 11.3 Å². The summed E-state index contributed by atoms with van der Waals surface area (Å²) < 4.78 is 40.6. The molecule has 0 spiro atoms. The number of aromatic nitrogens is 1. The Morgan fingerprint density at radius 1 is 1.11 bits per heavy atom. The van der Waals surface area contributed by atoms with Crippen LogP contribution in [0.25, 0.3) is 0 Å². The number of aryl methyl sites for hydroxylation is 1. The van der Waals surface area contributed by atoms with E-state index in [1.54, 1.807) is 36.3 Å². The van der Waals surface area contributed by atoms with Crippen LogP contribution in [0.1, 0.15) is 23.1 Å². The highest BCUT2D eigenvalue weighted by Gasteiger charge is 2.30. The minimum absolute atomic E-state index is 0.231. The fourth-order valence-corrected chi connectivity index (χ4v) is 4.34. The number of rotatable bonds is 7. The number of anilines is 1. The zero-order valence-corrected chi connectivity index (χ0v) is 21.2. The molecule has 0 amide bonds. The van der Waals surface area contributed by atoms with E-state index in [1.165, 1.54) is 30.6 Å². The molecule has 0 radical (unpaired) electrons. The second-order valence-electron chi connectivity index (χ2n) is 8.05. The van der Waals surface area contributed by atoms with Crippen LogP contribution in [0.5, 0.6) is 5.75 Å². The van der Waals surface area contributed by atoms with Crippen LogP contribution in [0.2, 0.25) is 0 Å². The van der Waals surface area contributed by atoms with Gasteiger partial charge in [0, 0.05) is 24.1 Å². The van der Waals surface area contributed by atoms with Crippen molar-refractivity contribution in [2.75, 3.05) is 17.2 Å². The number of hydrogen-bond acceptors (Lipinski definition) is 6. The van der Waals surface area contributed by atoms with Gasteiger partial charge in [0.2, 0.25) is 0 Å². The number of nitrogens with two attached hydrogens (primary N) is 1. The van der Waals surface area contributed by atoms with E-state index in [1.807, 2.05) is 31.2 Å². The summed E-state index contributed by atoms with van der Waals surface area (Å²) >= 11 is 1.65. The monoisotopic (exact) mass is 539 g/mol. The summed E-state index contributed by atoms with van der Waals surface area (Å²) in [5.41, 5.74) is 9.02. The fraction of sp³-hybridized carbons (Fsp3) is 0.192. The number of alkyl halides is 3. The molecule has 4 rings (SSSR count). The highest BCUT2D eigenvalue weighted by atomic mass is 32.2. The molecular formula is C26H24F3N7OS. The van der Waals surface area contributed by atoms with E-state index < -0.39 is 6.36 Å². The Kier molecular flexibility index (Phi) is 8.74. The lowest BCUT2D eigenvalue weighted by atomic mass is 10.1. The van der Waals surface area contributed by atoms with Gasteiger partial charge in [-0.3, -0.25) is 0 Å². The summed E-state index contributed by atoms with van der Waals surface area (Å²) in [5, 5.41) is 9.51. The van der Waals surface area contributed by atoms with Gasteiger partial charge in [0.1, 0.15) is 23.7 Å². The van der Waals surface area contributed by atoms with Crippen LogP contribution in [0.4, 0.5) is 24.7 Å². The Hall–Kier alpha value is -4.19. The molecule has 0 aliphatic carbocycles. The molecule has 1 aromatic heterocycles. The highest BCUT2D eigenvalue weighted by molar-refractivity contribution is 8.14. The molecular weight excluding hydrogens is 515 g/mol. The number of benzene rings is 2. The molecule has 1 aliphatic heterocycles. The van der Waals surface area contributed by atoms with Crippen molar-refractivity contribution in [1.82, 2.24) is 4.98 Å². The van der Waals surface area contributed by atoms with Gasteiger partial charge in [-0.05, 0) is 54.8 Å². The van der Waals surface area contributed by atoms with Crippen LogP contribution in [0, 0.1) is 6.92 Å². The van der Waals surface area contributed by atoms with E-state index >= 15 is 0 Å². The summed E-state index contributed by atoms with van der Waals surface area (Å²) in [7, 11) is 0. The predicted octanol–water partition coefficient (Wildman–Crippen LogP) is 5.69. The summed E-state index contributed by atoms with van der Waals surface area (Å²) in [5.74, 6) is 1.77. The van der Waals surface area contributed by atoms with E-state index in [-0.39, 0.29) is 11.6 Å². The van der Waals surface area contributed by atoms with Gasteiger partial charge in [0.15, 0.2) is 5.17 Å². The Morgan fingerprint density at radius 3 is 2.58 bits per heavy atom. The van der Waals surface area contributed by atoms with E-state index in [9.17, 15) is 13.2 Å². The van der Waals surface area contributed by atoms with Gasteiger partial charge in [0.25, 0.3) is 0 Å². The summed E-state index contributed by atoms with van der Waals surface area (Å²) in [6.45, 7) is 2.87. The van der Waals surface area contributed by atoms with E-state index in [0.717, 1.165) is 40.8 Å². The van der Waals surface area contributed by atoms with Crippen molar-refractivity contribution < 1.29 is 17.9 Å². The molecule has 2 heterocycles. The number of nitrogens with zero attached hydrogens (tertiary/aromatic N) is 6. The molecule has 196 valence electrons. The van der Waals surface area contributed by atoms with Crippen molar-refractivity contribution in [2.24, 2.45) is 25.9 Å². The molecule has 0 atom stereocenters. The average molecular weight is 540 g/mol. The third-order valence-corrected chi connectivity index (χ3v) is 6.31. The molecule has 38 heavy (non-hydrogen) atoms. The van der Waals surface area contributed by atoms with Crippen LogP contribution in [-0.2, 0) is 0 Å². The second-order valence-corrected chi connectivity index (χ2v) is 9.11. The normalized spacial score (nSPS) is 16.1. The van der Waals surface area contributed by atoms with Crippen molar-refractivity contribution in [1.29, 1.82) is 0 Å². The lowest BCUT2D eigenvalue weighted by Crippen LogP contribution is -2.35. The van der Waals surface area contributed by atoms with Gasteiger partial charge >= 0.3 is 6.36 Å². The van der Waals surface area contributed by atoms with Crippen LogP contribution < -0.4 is 15.4 Å². The van der Waals surface area contributed by atoms with E-state index in [4.69, 9.17) is 5.73 Å². The van der Waals surface area contributed by atoms with Gasteiger partial charge in [-0.2, -0.15) is 5.10 Å². The smallest absolute Gasteiger partial charge is 0.406 e. The number of halogens is 3. The van der Waals surface area contributed by atoms with Crippen LogP contribution >= 0.6 is 11.8 Å². The Morgan fingerprint density at radius 2 is 1.87 bits per heavy atom. The molecule has 8 nitrogen and oxygen atoms in total. The van der Waals surface area contributed by atoms with Gasteiger partial charge in [-0.1, -0.05) is 42.1 Å². The first-order chi connectivity index (χ1) is 18.3. The molecule has 0 saturated carbocycles. The first-order valence-electron chi connectivity index (χ1n) is 11.5. The largest absolute Gasteiger partial charge is 0.573 e. The Labute approximate surface area is 221 Å². The van der Waals surface area contributed by atoms with Crippen LogP contribution in [0.15, 0.2) is 87.0 Å². The summed E-state index contributed by atoms with van der Waals surface area (Å²) in [6.07, 6.45) is 0.975. The van der Waals surface area contributed by atoms with Crippen molar-refractivity contribution in [3.63, 3.8) is 0 Å². The Balaban J connectivity index is 1.37. The van der Waals surface area contributed by atoms with Gasteiger partial charge < -0.3 is 15.4 Å². The molecule has 0 unspecified atom stereocenters. The lowest BCUT2D eigenvalue weighted by Gasteiger charge is -2.28. The fourth-order valence-electron chi connectivity index (χ4n) is 3.45. The average Bonchev–Trinajstić information content (AvgIpc) is 2.90. The molecule has 1 fully saturated rings. The van der Waals surface area contributed by atoms with Crippen LogP contribution in [-0.4, -0.2) is 47.2 Å². The van der Waals surface area contributed by atoms with Gasteiger partial charge in [-0.25, -0.2) is 15.0 Å². The third-order valence-electron chi connectivity index (χ3n) is 5.26. The van der Waals surface area contributed by atoms with Gasteiger partial charge in [-0.15, -0.1) is 18.3 Å². The highest BCUT2D eigenvalue weighted by Crippen LogP contribution is 2.26. The predicted molar refractivity (Wildman–Crippen MR) is 147 cm³/mol. The molecule has 0 bridgehead atoms. The standard InChI is InChI=1S/C26H24F3N7OS/c1-18-4-2-13-31-24(18)36-14-3-15-38-25(36)35-34-16-19-5-7-20(8-6-19)23(30)33-17-32-21-9-11-22(12-10-21)37-26(27,28)29/h2,4-13,16-17H,3,14-15H2,1H3,(H2,30,32,33)/b34-16-,35-25+. The van der Waals surface area contributed by atoms with Crippen molar-refractivity contribution in [2.45, 2.75) is 19.7 Å². The first kappa shape index (κ1) is 26.9. The second kappa shape index (κ2) is 12.4. The minimum atomic E-state index is -4.74. The number of ether oxygens (including phenoxy) is 1. The maximum Gasteiger partial charge on any atom is 0.573 e. The topological polar surface area (TPSA) is 101 Å². The summed E-state index contributed by atoms with van der Waals surface area (Å²) in [4.78, 5) is 14.8. The third kappa shape index (κ3) is 7.65. The quantitative estimate of drug-likeness (QED) is 0.236. The maximum atomic E-state index is 12.2. The number of aliphatic imine (C=N–C) groups is 2. The molecule has 2 N–H and O–H groups in total. The Bertz CT molecular complexity index is 1350. The minimum Gasteiger partial charge on any atom is -0.406 e.